The number of rotatable bonds is 8. The summed E-state index contributed by atoms with van der Waals surface area (Å²) in [6.45, 7) is 0.663. The van der Waals surface area contributed by atoms with Crippen molar-refractivity contribution in [3.63, 3.8) is 0 Å². The van der Waals surface area contributed by atoms with Crippen LogP contribution in [0.25, 0.3) is 22.3 Å². The summed E-state index contributed by atoms with van der Waals surface area (Å²) < 4.78 is 32.3. The van der Waals surface area contributed by atoms with Crippen LogP contribution in [-0.4, -0.2) is 45.7 Å². The molecule has 4 heterocycles. The first-order valence-corrected chi connectivity index (χ1v) is 11.4. The van der Waals surface area contributed by atoms with Crippen molar-refractivity contribution in [2.24, 2.45) is 0 Å². The average Bonchev–Trinajstić information content (AvgIpc) is 3.44. The number of nitrogens with zero attached hydrogens (tertiary/aromatic N) is 8. The molecule has 2 N–H and O–H groups in total. The molecule has 10 nitrogen and oxygen atoms in total. The van der Waals surface area contributed by atoms with E-state index in [0.717, 1.165) is 0 Å². The molecule has 0 saturated heterocycles. The molecule has 0 saturated carbocycles. The van der Waals surface area contributed by atoms with Crippen molar-refractivity contribution in [3.8, 4) is 0 Å². The molecule has 0 aliphatic heterocycles. The van der Waals surface area contributed by atoms with E-state index in [0.29, 0.717) is 45.4 Å². The van der Waals surface area contributed by atoms with Crippen molar-refractivity contribution < 1.29 is 8.78 Å². The summed E-state index contributed by atoms with van der Waals surface area (Å²) in [4.78, 5) is 25.9. The van der Waals surface area contributed by atoms with Gasteiger partial charge in [0.05, 0.1) is 32.2 Å². The van der Waals surface area contributed by atoms with Gasteiger partial charge < -0.3 is 10.6 Å². The summed E-state index contributed by atoms with van der Waals surface area (Å²) in [5, 5.41) is 6.45. The Kier molecular flexibility index (Phi) is 5.81. The Balaban J connectivity index is 1.28. The first-order valence-electron chi connectivity index (χ1n) is 11.4. The Morgan fingerprint density at radius 1 is 0.649 bits per heavy atom. The van der Waals surface area contributed by atoms with Crippen LogP contribution in [0.3, 0.4) is 0 Å². The standard InChI is InChI=1S/C25H20F2N10/c26-18-7-3-1-5-16(18)11-36-22-20(9-28-13-30-22)34-24(36)32-15-33-25-35-21-10-29-14-31-23(21)37(25)12-17-6-2-4-8-19(17)27/h1-10,13-14H,11-12,15H2,(H,32,34)(H,33,35). The topological polar surface area (TPSA) is 111 Å². The summed E-state index contributed by atoms with van der Waals surface area (Å²) in [6, 6.07) is 13.1. The zero-order chi connectivity index (χ0) is 25.2. The van der Waals surface area contributed by atoms with Gasteiger partial charge in [-0.2, -0.15) is 0 Å². The van der Waals surface area contributed by atoms with Crippen molar-refractivity contribution >= 4 is 34.2 Å². The lowest BCUT2D eigenvalue weighted by atomic mass is 10.2. The zero-order valence-corrected chi connectivity index (χ0v) is 19.4. The first kappa shape index (κ1) is 22.5. The van der Waals surface area contributed by atoms with Crippen molar-refractivity contribution in [2.75, 3.05) is 17.3 Å². The van der Waals surface area contributed by atoms with Gasteiger partial charge in [-0.3, -0.25) is 9.13 Å². The maximum absolute atomic E-state index is 14.4. The summed E-state index contributed by atoms with van der Waals surface area (Å²) >= 11 is 0. The number of anilines is 2. The van der Waals surface area contributed by atoms with E-state index in [-0.39, 0.29) is 31.4 Å². The van der Waals surface area contributed by atoms with Gasteiger partial charge in [-0.1, -0.05) is 36.4 Å². The van der Waals surface area contributed by atoms with Crippen molar-refractivity contribution in [1.82, 2.24) is 39.0 Å². The second kappa shape index (κ2) is 9.57. The number of imidazole rings is 2. The van der Waals surface area contributed by atoms with Crippen molar-refractivity contribution in [1.29, 1.82) is 0 Å². The van der Waals surface area contributed by atoms with Crippen LogP contribution in [0.5, 0.6) is 0 Å². The number of nitrogens with one attached hydrogen (secondary N) is 2. The zero-order valence-electron chi connectivity index (χ0n) is 19.4. The van der Waals surface area contributed by atoms with Gasteiger partial charge in [0, 0.05) is 11.1 Å². The largest absolute Gasteiger partial charge is 0.338 e. The lowest BCUT2D eigenvalue weighted by Gasteiger charge is -2.13. The molecular formula is C25H20F2N10. The van der Waals surface area contributed by atoms with Crippen LogP contribution in [0.4, 0.5) is 20.7 Å². The van der Waals surface area contributed by atoms with Crippen LogP contribution >= 0.6 is 0 Å². The van der Waals surface area contributed by atoms with E-state index in [1.807, 2.05) is 0 Å². The molecule has 37 heavy (non-hydrogen) atoms. The van der Waals surface area contributed by atoms with E-state index in [1.165, 1.54) is 24.8 Å². The fraction of sp³-hybridized carbons (Fsp3) is 0.120. The average molecular weight is 499 g/mol. The molecule has 0 fully saturated rings. The molecular weight excluding hydrogens is 478 g/mol. The van der Waals surface area contributed by atoms with Gasteiger partial charge in [0.25, 0.3) is 0 Å². The normalized spacial score (nSPS) is 11.3. The Morgan fingerprint density at radius 3 is 1.57 bits per heavy atom. The summed E-state index contributed by atoms with van der Waals surface area (Å²) in [5.74, 6) is 0.321. The maximum atomic E-state index is 14.4. The molecule has 12 heteroatoms. The van der Waals surface area contributed by atoms with E-state index in [2.05, 4.69) is 40.5 Å². The molecule has 0 spiro atoms. The monoisotopic (exact) mass is 498 g/mol. The highest BCUT2D eigenvalue weighted by Crippen LogP contribution is 2.22. The van der Waals surface area contributed by atoms with Crippen LogP contribution in [0.15, 0.2) is 73.6 Å². The lowest BCUT2D eigenvalue weighted by Crippen LogP contribution is -2.19. The van der Waals surface area contributed by atoms with Gasteiger partial charge in [0.1, 0.15) is 35.3 Å². The number of hydrogen-bond acceptors (Lipinski definition) is 8. The molecule has 184 valence electrons. The molecule has 6 aromatic rings. The molecule has 0 radical (unpaired) electrons. The molecule has 0 unspecified atom stereocenters. The Hall–Kier alpha value is -5.00. The van der Waals surface area contributed by atoms with Gasteiger partial charge in [0.15, 0.2) is 11.3 Å². The van der Waals surface area contributed by atoms with Crippen LogP contribution in [0, 0.1) is 11.6 Å². The van der Waals surface area contributed by atoms with E-state index in [1.54, 1.807) is 57.9 Å². The molecule has 6 rings (SSSR count). The molecule has 0 aliphatic rings. The second-order valence-electron chi connectivity index (χ2n) is 8.22. The number of aromatic nitrogens is 8. The minimum absolute atomic E-state index is 0.210. The van der Waals surface area contributed by atoms with Gasteiger partial charge in [-0.15, -0.1) is 0 Å². The molecule has 0 bridgehead atoms. The van der Waals surface area contributed by atoms with Crippen LogP contribution in [0.1, 0.15) is 11.1 Å². The molecule has 2 aromatic carbocycles. The minimum Gasteiger partial charge on any atom is -0.338 e. The quantitative estimate of drug-likeness (QED) is 0.305. The predicted molar refractivity (Wildman–Crippen MR) is 134 cm³/mol. The molecule has 0 amide bonds. The number of benzene rings is 2. The summed E-state index contributed by atoms with van der Waals surface area (Å²) in [7, 11) is 0. The fourth-order valence-corrected chi connectivity index (χ4v) is 4.12. The molecule has 4 aromatic heterocycles. The summed E-state index contributed by atoms with van der Waals surface area (Å²) in [5.41, 5.74) is 3.29. The van der Waals surface area contributed by atoms with E-state index >= 15 is 0 Å². The van der Waals surface area contributed by atoms with Crippen LogP contribution in [0.2, 0.25) is 0 Å². The first-order chi connectivity index (χ1) is 18.2. The molecule has 0 atom stereocenters. The highest BCUT2D eigenvalue weighted by atomic mass is 19.1. The van der Waals surface area contributed by atoms with Crippen molar-refractivity contribution in [3.05, 3.63) is 96.3 Å². The third-order valence-electron chi connectivity index (χ3n) is 5.89. The van der Waals surface area contributed by atoms with Gasteiger partial charge in [-0.05, 0) is 12.1 Å². The highest BCUT2D eigenvalue weighted by Gasteiger charge is 2.16. The SMILES string of the molecule is Fc1ccccc1Cn1c(NCNc2nc3cncnc3n2Cc2ccccc2F)nc2cncnc21. The van der Waals surface area contributed by atoms with Crippen LogP contribution in [-0.2, 0) is 13.1 Å². The summed E-state index contributed by atoms with van der Waals surface area (Å²) in [6.07, 6.45) is 6.06. The lowest BCUT2D eigenvalue weighted by molar-refractivity contribution is 0.601. The number of hydrogen-bond donors (Lipinski definition) is 2. The Labute approximate surface area is 209 Å². The smallest absolute Gasteiger partial charge is 0.206 e. The fourth-order valence-electron chi connectivity index (χ4n) is 4.12. The van der Waals surface area contributed by atoms with E-state index in [9.17, 15) is 8.78 Å². The van der Waals surface area contributed by atoms with Gasteiger partial charge in [-0.25, -0.2) is 38.7 Å². The Bertz CT molecular complexity index is 1590. The van der Waals surface area contributed by atoms with E-state index in [4.69, 9.17) is 0 Å². The van der Waals surface area contributed by atoms with Crippen molar-refractivity contribution in [2.45, 2.75) is 13.1 Å². The maximum Gasteiger partial charge on any atom is 0.206 e. The Morgan fingerprint density at radius 2 is 1.11 bits per heavy atom. The van der Waals surface area contributed by atoms with Gasteiger partial charge in [0.2, 0.25) is 11.9 Å². The molecule has 0 aliphatic carbocycles. The predicted octanol–water partition coefficient (Wildman–Crippen LogP) is 3.82. The third kappa shape index (κ3) is 4.40. The highest BCUT2D eigenvalue weighted by molar-refractivity contribution is 5.74. The van der Waals surface area contributed by atoms with Gasteiger partial charge >= 0.3 is 0 Å². The van der Waals surface area contributed by atoms with E-state index < -0.39 is 0 Å². The second-order valence-corrected chi connectivity index (χ2v) is 8.22. The minimum atomic E-state index is -0.314. The van der Waals surface area contributed by atoms with Crippen LogP contribution < -0.4 is 10.6 Å². The number of halogens is 2. The number of fused-ring (bicyclic) bond motifs is 2. The third-order valence-corrected chi connectivity index (χ3v) is 5.89.